The van der Waals surface area contributed by atoms with Crippen LogP contribution in [0.1, 0.15) is 32.6 Å². The second-order valence-electron chi connectivity index (χ2n) is 11.2. The fraction of sp³-hybridized carbons (Fsp3) is 1.00. The van der Waals surface area contributed by atoms with E-state index in [9.17, 15) is 10.2 Å². The summed E-state index contributed by atoms with van der Waals surface area (Å²) in [6.45, 7) is 3.99. The van der Waals surface area contributed by atoms with Gasteiger partial charge in [-0.05, 0) is 37.6 Å². The van der Waals surface area contributed by atoms with Gasteiger partial charge in [0.05, 0.1) is 30.5 Å². The van der Waals surface area contributed by atoms with Gasteiger partial charge in [-0.15, -0.1) is 0 Å². The molecule has 176 valence electrons. The van der Waals surface area contributed by atoms with Crippen LogP contribution >= 0.6 is 0 Å². The van der Waals surface area contributed by atoms with Gasteiger partial charge >= 0.3 is 0 Å². The molecule has 0 aromatic rings. The van der Waals surface area contributed by atoms with Crippen molar-refractivity contribution in [3.05, 3.63) is 0 Å². The minimum absolute atomic E-state index is 0.0483. The van der Waals surface area contributed by atoms with E-state index < -0.39 is 17.3 Å². The molecule has 5 saturated carbocycles. The van der Waals surface area contributed by atoms with Crippen molar-refractivity contribution in [2.45, 2.75) is 74.3 Å². The van der Waals surface area contributed by atoms with Gasteiger partial charge in [0.2, 0.25) is 0 Å². The molecule has 7 nitrogen and oxygen atoms in total. The third kappa shape index (κ3) is 2.01. The minimum Gasteiger partial charge on any atom is -0.386 e. The number of nitrogens with zero attached hydrogens (tertiary/aromatic N) is 1. The predicted molar refractivity (Wildman–Crippen MR) is 112 cm³/mol. The third-order valence-electron chi connectivity index (χ3n) is 11.1. The lowest BCUT2D eigenvalue weighted by Gasteiger charge is -2.68. The molecule has 0 amide bonds. The SMILES string of the molecule is CCN1C[C@@H]2CCC(OC)C34C5CC6C(OC)C5[C@](O)(C[C@@H]6OC)C(O)(C(OC)C23)C14. The molecular weight excluding hydrogens is 398 g/mol. The Hall–Kier alpha value is -0.280. The van der Waals surface area contributed by atoms with Crippen molar-refractivity contribution in [3.63, 3.8) is 0 Å². The lowest BCUT2D eigenvalue weighted by molar-refractivity contribution is -0.315. The van der Waals surface area contributed by atoms with Gasteiger partial charge in [0, 0.05) is 64.6 Å². The van der Waals surface area contributed by atoms with Crippen molar-refractivity contribution in [1.29, 1.82) is 0 Å². The lowest BCUT2D eigenvalue weighted by Crippen LogP contribution is -2.81. The van der Waals surface area contributed by atoms with Gasteiger partial charge in [-0.3, -0.25) is 4.90 Å². The number of hydrogen-bond acceptors (Lipinski definition) is 7. The standard InChI is InChI=1S/C24H39NO6/c1-6-25-11-12-7-8-16(29-3)23-14-9-13-15(28-2)10-22(26,18(14)19(13)30-4)24(27,21(23)25)20(31-5)17(12)23/h12-21,26-27H,6-11H2,1-5H3/t12-,13?,14?,15-,16?,17?,18?,19?,20?,21?,22+,23?,24?/m0/s1. The van der Waals surface area contributed by atoms with Crippen LogP contribution in [0.4, 0.5) is 0 Å². The summed E-state index contributed by atoms with van der Waals surface area (Å²) >= 11 is 0. The molecule has 2 N–H and O–H groups in total. The van der Waals surface area contributed by atoms with E-state index in [-0.39, 0.29) is 53.4 Å². The van der Waals surface area contributed by atoms with Crippen LogP contribution < -0.4 is 0 Å². The van der Waals surface area contributed by atoms with E-state index in [0.29, 0.717) is 12.3 Å². The number of piperidine rings is 1. The van der Waals surface area contributed by atoms with E-state index in [1.54, 1.807) is 21.3 Å². The summed E-state index contributed by atoms with van der Waals surface area (Å²) in [6.07, 6.45) is 2.85. The predicted octanol–water partition coefficient (Wildman–Crippen LogP) is 0.909. The monoisotopic (exact) mass is 437 g/mol. The fourth-order valence-electron chi connectivity index (χ4n) is 10.6. The fourth-order valence-corrected chi connectivity index (χ4v) is 10.6. The Morgan fingerprint density at radius 2 is 1.74 bits per heavy atom. The minimum atomic E-state index is -1.39. The number of rotatable bonds is 5. The number of likely N-dealkylation sites (N-methyl/N-ethyl adjacent to an activating group) is 1. The Labute approximate surface area is 185 Å². The van der Waals surface area contributed by atoms with Gasteiger partial charge in [-0.25, -0.2) is 0 Å². The zero-order valence-corrected chi connectivity index (χ0v) is 19.5. The Kier molecular flexibility index (Phi) is 4.56. The normalized spacial score (nSPS) is 61.6. The van der Waals surface area contributed by atoms with Crippen LogP contribution in [0, 0.1) is 35.0 Å². The summed E-state index contributed by atoms with van der Waals surface area (Å²) in [7, 11) is 7.03. The number of fused-ring (bicyclic) bond motifs is 2. The lowest BCUT2D eigenvalue weighted by atomic mass is 9.45. The number of methoxy groups -OCH3 is 4. The average molecular weight is 438 g/mol. The van der Waals surface area contributed by atoms with Crippen LogP contribution in [0.2, 0.25) is 0 Å². The molecule has 5 aliphatic carbocycles. The highest BCUT2D eigenvalue weighted by molar-refractivity contribution is 5.40. The first-order valence-corrected chi connectivity index (χ1v) is 12.2. The topological polar surface area (TPSA) is 80.6 Å². The van der Waals surface area contributed by atoms with Gasteiger partial charge in [0.25, 0.3) is 0 Å². The Bertz CT molecular complexity index is 752. The summed E-state index contributed by atoms with van der Waals surface area (Å²) < 4.78 is 24.5. The molecule has 0 aromatic heterocycles. The molecule has 6 aliphatic rings. The van der Waals surface area contributed by atoms with Crippen LogP contribution in [0.3, 0.4) is 0 Å². The smallest absolute Gasteiger partial charge is 0.136 e. The summed E-state index contributed by atoms with van der Waals surface area (Å²) in [5.74, 6) is 0.946. The van der Waals surface area contributed by atoms with Crippen LogP contribution in [-0.2, 0) is 18.9 Å². The number of aliphatic hydroxyl groups is 2. The molecule has 7 bridgehead atoms. The zero-order chi connectivity index (χ0) is 21.9. The first-order valence-electron chi connectivity index (χ1n) is 12.2. The molecule has 10 unspecified atom stereocenters. The first kappa shape index (κ1) is 21.3. The van der Waals surface area contributed by atoms with E-state index in [1.807, 2.05) is 7.11 Å². The van der Waals surface area contributed by atoms with Crippen molar-refractivity contribution in [2.75, 3.05) is 41.5 Å². The van der Waals surface area contributed by atoms with Crippen LogP contribution in [0.25, 0.3) is 0 Å². The largest absolute Gasteiger partial charge is 0.386 e. The van der Waals surface area contributed by atoms with E-state index in [4.69, 9.17) is 18.9 Å². The Morgan fingerprint density at radius 3 is 2.35 bits per heavy atom. The maximum atomic E-state index is 12.8. The molecule has 0 radical (unpaired) electrons. The van der Waals surface area contributed by atoms with Crippen molar-refractivity contribution < 1.29 is 29.2 Å². The second kappa shape index (κ2) is 6.65. The first-order chi connectivity index (χ1) is 14.9. The summed E-state index contributed by atoms with van der Waals surface area (Å²) in [6, 6.07) is -0.181. The van der Waals surface area contributed by atoms with Gasteiger partial charge < -0.3 is 29.2 Å². The van der Waals surface area contributed by atoms with Crippen molar-refractivity contribution in [1.82, 2.24) is 4.90 Å². The second-order valence-corrected chi connectivity index (χ2v) is 11.2. The van der Waals surface area contributed by atoms with Crippen LogP contribution in [0.5, 0.6) is 0 Å². The van der Waals surface area contributed by atoms with Gasteiger partial charge in [0.1, 0.15) is 11.2 Å². The highest BCUT2D eigenvalue weighted by Crippen LogP contribution is 2.78. The van der Waals surface area contributed by atoms with Crippen LogP contribution in [0.15, 0.2) is 0 Å². The van der Waals surface area contributed by atoms with Gasteiger partial charge in [-0.2, -0.15) is 0 Å². The molecule has 13 atom stereocenters. The summed E-state index contributed by atoms with van der Waals surface area (Å²) in [4.78, 5) is 2.45. The molecule has 1 aliphatic heterocycles. The molecule has 0 aromatic carbocycles. The van der Waals surface area contributed by atoms with Gasteiger partial charge in [-0.1, -0.05) is 6.92 Å². The van der Waals surface area contributed by atoms with Gasteiger partial charge in [0.15, 0.2) is 0 Å². The Morgan fingerprint density at radius 1 is 0.968 bits per heavy atom. The maximum absolute atomic E-state index is 12.8. The quantitative estimate of drug-likeness (QED) is 0.662. The van der Waals surface area contributed by atoms with Crippen LogP contribution in [-0.4, -0.2) is 98.3 Å². The summed E-state index contributed by atoms with van der Waals surface area (Å²) in [5, 5.41) is 25.5. The molecule has 6 rings (SSSR count). The zero-order valence-electron chi connectivity index (χ0n) is 19.5. The van der Waals surface area contributed by atoms with Crippen molar-refractivity contribution in [3.8, 4) is 0 Å². The summed E-state index contributed by atoms with van der Waals surface area (Å²) in [5.41, 5.74) is -2.95. The molecule has 1 spiro atoms. The maximum Gasteiger partial charge on any atom is 0.136 e. The highest BCUT2D eigenvalue weighted by atomic mass is 16.5. The molecule has 1 saturated heterocycles. The van der Waals surface area contributed by atoms with E-state index in [0.717, 1.165) is 32.4 Å². The van der Waals surface area contributed by atoms with E-state index in [1.165, 1.54) is 0 Å². The third-order valence-corrected chi connectivity index (χ3v) is 11.1. The number of likely N-dealkylation sites (tertiary alicyclic amines) is 1. The van der Waals surface area contributed by atoms with E-state index in [2.05, 4.69) is 11.8 Å². The van der Waals surface area contributed by atoms with Crippen molar-refractivity contribution in [2.24, 2.45) is 35.0 Å². The molecular formula is C24H39NO6. The number of hydrogen-bond donors (Lipinski definition) is 2. The molecule has 1 heterocycles. The number of ether oxygens (including phenoxy) is 4. The Balaban J connectivity index is 1.66. The van der Waals surface area contributed by atoms with Crippen molar-refractivity contribution >= 4 is 0 Å². The molecule has 7 heteroatoms. The molecule has 6 fully saturated rings. The highest BCUT2D eigenvalue weighted by Gasteiger charge is 2.89. The van der Waals surface area contributed by atoms with E-state index >= 15 is 0 Å². The average Bonchev–Trinajstić information content (AvgIpc) is 3.17. The molecule has 31 heavy (non-hydrogen) atoms.